The van der Waals surface area contributed by atoms with E-state index in [9.17, 15) is 13.2 Å². The number of hydrogen-bond acceptors (Lipinski definition) is 4. The minimum atomic E-state index is -3.81. The van der Waals surface area contributed by atoms with Gasteiger partial charge >= 0.3 is 0 Å². The van der Waals surface area contributed by atoms with Crippen LogP contribution in [0.4, 0.5) is 0 Å². The molecule has 1 amide bonds. The predicted molar refractivity (Wildman–Crippen MR) is 129 cm³/mol. The summed E-state index contributed by atoms with van der Waals surface area (Å²) in [6, 6.07) is 17.1. The largest absolute Gasteiger partial charge is 0.318 e. The zero-order chi connectivity index (χ0) is 23.6. The Balaban J connectivity index is 1.48. The third-order valence-corrected chi connectivity index (χ3v) is 7.96. The molecule has 33 heavy (non-hydrogen) atoms. The summed E-state index contributed by atoms with van der Waals surface area (Å²) in [5, 5.41) is 4.57. The Labute approximate surface area is 198 Å². The molecule has 1 atom stereocenters. The molecule has 1 aromatic heterocycles. The Hall–Kier alpha value is -2.94. The lowest BCUT2D eigenvalue weighted by atomic mass is 10.2. The van der Waals surface area contributed by atoms with Crippen molar-refractivity contribution in [3.63, 3.8) is 0 Å². The first-order valence-electron chi connectivity index (χ1n) is 10.6. The maximum atomic E-state index is 13.0. The second-order valence-electron chi connectivity index (χ2n) is 7.96. The molecular weight excluding hydrogens is 460 g/mol. The molecule has 1 aliphatic rings. The number of rotatable bonds is 6. The summed E-state index contributed by atoms with van der Waals surface area (Å²) < 4.78 is 29.4. The fourth-order valence-corrected chi connectivity index (χ4v) is 5.95. The first-order chi connectivity index (χ1) is 15.8. The second-order valence-corrected chi connectivity index (χ2v) is 10.3. The average Bonchev–Trinajstić information content (AvgIpc) is 3.40. The summed E-state index contributed by atoms with van der Waals surface area (Å²) in [6.45, 7) is 4.28. The van der Waals surface area contributed by atoms with Gasteiger partial charge < -0.3 is 4.57 Å². The topological polar surface area (TPSA) is 83.8 Å². The van der Waals surface area contributed by atoms with Gasteiger partial charge in [-0.2, -0.15) is 9.41 Å². The van der Waals surface area contributed by atoms with Gasteiger partial charge in [0.25, 0.3) is 5.91 Å². The summed E-state index contributed by atoms with van der Waals surface area (Å²) in [5.41, 5.74) is 6.48. The molecule has 3 aromatic rings. The van der Waals surface area contributed by atoms with Crippen LogP contribution in [-0.4, -0.2) is 42.0 Å². The van der Waals surface area contributed by atoms with E-state index in [4.69, 9.17) is 11.6 Å². The van der Waals surface area contributed by atoms with E-state index in [0.717, 1.165) is 22.6 Å². The number of nitrogens with zero attached hydrogens (tertiary/aromatic N) is 3. The molecule has 0 radical (unpaired) electrons. The summed E-state index contributed by atoms with van der Waals surface area (Å²) in [4.78, 5) is 12.9. The number of halogens is 1. The number of carbonyl (C=O) groups excluding carboxylic acids is 1. The molecule has 2 aromatic carbocycles. The molecule has 0 unspecified atom stereocenters. The van der Waals surface area contributed by atoms with Gasteiger partial charge in [-0.3, -0.25) is 4.79 Å². The number of amides is 1. The third-order valence-electron chi connectivity index (χ3n) is 5.79. The highest BCUT2D eigenvalue weighted by molar-refractivity contribution is 7.89. The van der Waals surface area contributed by atoms with E-state index in [1.807, 2.05) is 50.2 Å². The number of benzene rings is 2. The maximum Gasteiger partial charge on any atom is 0.258 e. The molecule has 1 fully saturated rings. The van der Waals surface area contributed by atoms with Crippen LogP contribution < -0.4 is 5.43 Å². The molecule has 172 valence electrons. The zero-order valence-corrected chi connectivity index (χ0v) is 20.0. The van der Waals surface area contributed by atoms with Crippen LogP contribution in [0.3, 0.4) is 0 Å². The molecule has 1 saturated heterocycles. The summed E-state index contributed by atoms with van der Waals surface area (Å²) in [6.07, 6.45) is 2.64. The molecule has 1 N–H and O–H groups in total. The Kier molecular flexibility index (Phi) is 6.69. The molecular formula is C24H25ClN4O3S. The molecule has 4 rings (SSSR count). The van der Waals surface area contributed by atoms with Crippen molar-refractivity contribution in [1.29, 1.82) is 0 Å². The van der Waals surface area contributed by atoms with Crippen LogP contribution in [-0.2, 0) is 14.8 Å². The summed E-state index contributed by atoms with van der Waals surface area (Å²) >= 11 is 5.88. The van der Waals surface area contributed by atoms with Gasteiger partial charge in [0.15, 0.2) is 0 Å². The van der Waals surface area contributed by atoms with E-state index in [2.05, 4.69) is 15.1 Å². The van der Waals surface area contributed by atoms with Gasteiger partial charge in [-0.15, -0.1) is 0 Å². The van der Waals surface area contributed by atoms with Crippen LogP contribution >= 0.6 is 11.6 Å². The smallest absolute Gasteiger partial charge is 0.258 e. The van der Waals surface area contributed by atoms with Crippen LogP contribution in [0.5, 0.6) is 0 Å². The molecule has 0 aliphatic carbocycles. The van der Waals surface area contributed by atoms with Crippen LogP contribution in [0.2, 0.25) is 5.02 Å². The zero-order valence-electron chi connectivity index (χ0n) is 18.4. The lowest BCUT2D eigenvalue weighted by Crippen LogP contribution is -2.44. The van der Waals surface area contributed by atoms with E-state index in [1.54, 1.807) is 6.21 Å². The van der Waals surface area contributed by atoms with Crippen LogP contribution in [0.25, 0.3) is 5.69 Å². The monoisotopic (exact) mass is 484 g/mol. The standard InChI is InChI=1S/C24H25ClN4O3S/c1-17-15-19(18(2)29(17)21-7-4-3-5-8-21)16-26-27-24(30)23-9-6-14-28(23)33(31,32)22-12-10-20(25)11-13-22/h3-5,7-8,10-13,15-16,23H,6,9,14H2,1-2H3,(H,27,30)/b26-16-/t23-/m1/s1. The number of sulfonamides is 1. The normalized spacial score (nSPS) is 17.0. The number of para-hydroxylation sites is 1. The van der Waals surface area contributed by atoms with Gasteiger partial charge in [-0.25, -0.2) is 13.8 Å². The van der Waals surface area contributed by atoms with E-state index in [1.165, 1.54) is 28.6 Å². The van der Waals surface area contributed by atoms with Gasteiger partial charge in [-0.1, -0.05) is 29.8 Å². The Morgan fingerprint density at radius 2 is 1.82 bits per heavy atom. The van der Waals surface area contributed by atoms with E-state index >= 15 is 0 Å². The van der Waals surface area contributed by atoms with Crippen molar-refractivity contribution in [3.8, 4) is 5.69 Å². The fourth-order valence-electron chi connectivity index (χ4n) is 4.16. The molecule has 0 saturated carbocycles. The Morgan fingerprint density at radius 3 is 2.52 bits per heavy atom. The first-order valence-corrected chi connectivity index (χ1v) is 12.5. The van der Waals surface area contributed by atoms with Crippen molar-refractivity contribution in [2.45, 2.75) is 37.6 Å². The minimum Gasteiger partial charge on any atom is -0.318 e. The van der Waals surface area contributed by atoms with E-state index in [0.29, 0.717) is 17.9 Å². The van der Waals surface area contributed by atoms with Crippen LogP contribution in [0.1, 0.15) is 29.8 Å². The van der Waals surface area contributed by atoms with Gasteiger partial charge in [0.05, 0.1) is 11.1 Å². The molecule has 2 heterocycles. The number of hydrazone groups is 1. The van der Waals surface area contributed by atoms with Crippen molar-refractivity contribution in [2.75, 3.05) is 6.54 Å². The lowest BCUT2D eigenvalue weighted by Gasteiger charge is -2.22. The molecule has 1 aliphatic heterocycles. The maximum absolute atomic E-state index is 13.0. The van der Waals surface area contributed by atoms with Crippen LogP contribution in [0.15, 0.2) is 70.7 Å². The second kappa shape index (κ2) is 9.51. The fraction of sp³-hybridized carbons (Fsp3) is 0.250. The number of hydrogen-bond donors (Lipinski definition) is 1. The van der Waals surface area contributed by atoms with Crippen molar-refractivity contribution in [3.05, 3.63) is 82.6 Å². The number of aryl methyl sites for hydroxylation is 1. The highest BCUT2D eigenvalue weighted by atomic mass is 35.5. The Bertz CT molecular complexity index is 1290. The highest BCUT2D eigenvalue weighted by Gasteiger charge is 2.39. The number of aromatic nitrogens is 1. The summed E-state index contributed by atoms with van der Waals surface area (Å²) in [5.74, 6) is -0.446. The number of nitrogens with one attached hydrogen (secondary N) is 1. The van der Waals surface area contributed by atoms with Crippen molar-refractivity contribution in [1.82, 2.24) is 14.3 Å². The molecule has 7 nitrogen and oxygen atoms in total. The van der Waals surface area contributed by atoms with Crippen molar-refractivity contribution < 1.29 is 13.2 Å². The average molecular weight is 485 g/mol. The molecule has 0 spiro atoms. The van der Waals surface area contributed by atoms with Gasteiger partial charge in [0, 0.05) is 34.2 Å². The Morgan fingerprint density at radius 1 is 1.12 bits per heavy atom. The SMILES string of the molecule is Cc1cc(/C=N\NC(=O)[C@H]2CCCN2S(=O)(=O)c2ccc(Cl)cc2)c(C)n1-c1ccccc1. The van der Waals surface area contributed by atoms with Gasteiger partial charge in [0.2, 0.25) is 10.0 Å². The van der Waals surface area contributed by atoms with Crippen molar-refractivity contribution in [2.24, 2.45) is 5.10 Å². The quantitative estimate of drug-likeness (QED) is 0.423. The highest BCUT2D eigenvalue weighted by Crippen LogP contribution is 2.27. The van der Waals surface area contributed by atoms with E-state index in [-0.39, 0.29) is 11.4 Å². The van der Waals surface area contributed by atoms with Gasteiger partial charge in [-0.05, 0) is 69.2 Å². The molecule has 9 heteroatoms. The van der Waals surface area contributed by atoms with E-state index < -0.39 is 22.0 Å². The lowest BCUT2D eigenvalue weighted by molar-refractivity contribution is -0.124. The number of carbonyl (C=O) groups is 1. The van der Waals surface area contributed by atoms with Gasteiger partial charge in [0.1, 0.15) is 6.04 Å². The molecule has 0 bridgehead atoms. The minimum absolute atomic E-state index is 0.114. The summed E-state index contributed by atoms with van der Waals surface area (Å²) in [7, 11) is -3.81. The van der Waals surface area contributed by atoms with Crippen LogP contribution in [0, 0.1) is 13.8 Å². The third kappa shape index (κ3) is 4.73. The first kappa shape index (κ1) is 23.2. The predicted octanol–water partition coefficient (Wildman–Crippen LogP) is 4.05. The van der Waals surface area contributed by atoms with Crippen molar-refractivity contribution >= 4 is 33.7 Å².